The highest BCUT2D eigenvalue weighted by Crippen LogP contribution is 2.39. The van der Waals surface area contributed by atoms with Crippen molar-refractivity contribution < 1.29 is 4.43 Å². The fraction of sp³-hybridized carbons (Fsp3) is 0.500. The molecule has 16 heavy (non-hydrogen) atoms. The number of rotatable bonds is 2. The van der Waals surface area contributed by atoms with Crippen LogP contribution in [0.4, 0.5) is 5.69 Å². The Kier molecular flexibility index (Phi) is 3.75. The smallest absolute Gasteiger partial charge is 0.250 e. The third-order valence-electron chi connectivity index (χ3n) is 3.13. The van der Waals surface area contributed by atoms with Crippen LogP contribution in [0.2, 0.25) is 18.1 Å². The van der Waals surface area contributed by atoms with E-state index in [1.54, 1.807) is 0 Å². The number of nitrogens with two attached hydrogens (primary N) is 1. The quantitative estimate of drug-likeness (QED) is 0.648. The summed E-state index contributed by atoms with van der Waals surface area (Å²) in [5.41, 5.74) is 6.50. The van der Waals surface area contributed by atoms with Crippen LogP contribution in [-0.2, 0) is 0 Å². The molecule has 90 valence electrons. The molecule has 0 saturated heterocycles. The van der Waals surface area contributed by atoms with Crippen LogP contribution in [0.25, 0.3) is 0 Å². The van der Waals surface area contributed by atoms with Gasteiger partial charge >= 0.3 is 0 Å². The van der Waals surface area contributed by atoms with Crippen molar-refractivity contribution in [3.8, 4) is 5.75 Å². The second-order valence-corrected chi connectivity index (χ2v) is 11.1. The minimum absolute atomic E-state index is 0.192. The van der Waals surface area contributed by atoms with Gasteiger partial charge in [0.25, 0.3) is 8.32 Å². The van der Waals surface area contributed by atoms with Crippen molar-refractivity contribution in [3.05, 3.63) is 22.7 Å². The average molecular weight is 302 g/mol. The molecule has 0 radical (unpaired) electrons. The topological polar surface area (TPSA) is 35.2 Å². The van der Waals surface area contributed by atoms with Crippen LogP contribution in [0.1, 0.15) is 20.8 Å². The summed E-state index contributed by atoms with van der Waals surface area (Å²) in [5.74, 6) is 0.853. The van der Waals surface area contributed by atoms with E-state index in [1.807, 2.05) is 18.2 Å². The van der Waals surface area contributed by atoms with Gasteiger partial charge in [0.15, 0.2) is 0 Å². The van der Waals surface area contributed by atoms with Crippen molar-refractivity contribution in [2.45, 2.75) is 38.9 Å². The van der Waals surface area contributed by atoms with Crippen LogP contribution in [0, 0.1) is 0 Å². The fourth-order valence-corrected chi connectivity index (χ4v) is 2.53. The zero-order valence-electron chi connectivity index (χ0n) is 10.6. The Morgan fingerprint density at radius 2 is 1.81 bits per heavy atom. The van der Waals surface area contributed by atoms with Crippen LogP contribution >= 0.6 is 15.9 Å². The van der Waals surface area contributed by atoms with Crippen LogP contribution in [-0.4, -0.2) is 8.32 Å². The molecule has 0 fully saturated rings. The minimum Gasteiger partial charge on any atom is -0.543 e. The Morgan fingerprint density at radius 3 is 2.31 bits per heavy atom. The van der Waals surface area contributed by atoms with E-state index in [0.29, 0.717) is 0 Å². The van der Waals surface area contributed by atoms with E-state index in [0.717, 1.165) is 15.9 Å². The molecule has 2 nitrogen and oxygen atoms in total. The lowest BCUT2D eigenvalue weighted by atomic mass is 10.2. The summed E-state index contributed by atoms with van der Waals surface area (Å²) in [6.07, 6.45) is 0. The summed E-state index contributed by atoms with van der Waals surface area (Å²) >= 11 is 3.49. The third kappa shape index (κ3) is 3.01. The van der Waals surface area contributed by atoms with Gasteiger partial charge in [-0.2, -0.15) is 0 Å². The highest BCUT2D eigenvalue weighted by molar-refractivity contribution is 9.10. The highest BCUT2D eigenvalue weighted by atomic mass is 79.9. The predicted octanol–water partition coefficient (Wildman–Crippen LogP) is 4.42. The van der Waals surface area contributed by atoms with Gasteiger partial charge in [-0.15, -0.1) is 0 Å². The number of hydrogen-bond acceptors (Lipinski definition) is 2. The lowest BCUT2D eigenvalue weighted by molar-refractivity contribution is 0.490. The van der Waals surface area contributed by atoms with Crippen molar-refractivity contribution in [1.82, 2.24) is 0 Å². The standard InChI is InChI=1S/C12H20BrNOSi/c1-12(2,3)16(4,5)15-11-8-9(14)6-7-10(11)13/h6-8H,14H2,1-5H3. The first-order valence-electron chi connectivity index (χ1n) is 5.37. The molecule has 0 aromatic heterocycles. The van der Waals surface area contributed by atoms with Gasteiger partial charge in [0.1, 0.15) is 5.75 Å². The Morgan fingerprint density at radius 1 is 1.25 bits per heavy atom. The van der Waals surface area contributed by atoms with Gasteiger partial charge in [-0.3, -0.25) is 0 Å². The molecule has 0 heterocycles. The molecule has 4 heteroatoms. The summed E-state index contributed by atoms with van der Waals surface area (Å²) in [6.45, 7) is 11.1. The molecular formula is C12H20BrNOSi. The molecule has 1 aromatic carbocycles. The molecule has 1 rings (SSSR count). The summed E-state index contributed by atoms with van der Waals surface area (Å²) < 4.78 is 7.15. The van der Waals surface area contributed by atoms with Gasteiger partial charge in [-0.25, -0.2) is 0 Å². The molecule has 0 unspecified atom stereocenters. The normalized spacial score (nSPS) is 12.6. The third-order valence-corrected chi connectivity index (χ3v) is 8.12. The van der Waals surface area contributed by atoms with Crippen LogP contribution in [0.3, 0.4) is 0 Å². The van der Waals surface area contributed by atoms with Gasteiger partial charge < -0.3 is 10.2 Å². The number of halogens is 1. The number of anilines is 1. The monoisotopic (exact) mass is 301 g/mol. The highest BCUT2D eigenvalue weighted by Gasteiger charge is 2.39. The van der Waals surface area contributed by atoms with Crippen molar-refractivity contribution in [3.63, 3.8) is 0 Å². The molecule has 0 aliphatic carbocycles. The zero-order chi connectivity index (χ0) is 12.6. The molecular weight excluding hydrogens is 282 g/mol. The van der Waals surface area contributed by atoms with E-state index in [1.165, 1.54) is 0 Å². The second-order valence-electron chi connectivity index (χ2n) is 5.55. The Labute approximate surface area is 107 Å². The van der Waals surface area contributed by atoms with E-state index >= 15 is 0 Å². The maximum Gasteiger partial charge on any atom is 0.250 e. The van der Waals surface area contributed by atoms with Crippen molar-refractivity contribution in [2.24, 2.45) is 0 Å². The summed E-state index contributed by atoms with van der Waals surface area (Å²) in [4.78, 5) is 0. The van der Waals surface area contributed by atoms with Gasteiger partial charge in [0.2, 0.25) is 0 Å². The van der Waals surface area contributed by atoms with E-state index in [2.05, 4.69) is 49.8 Å². The van der Waals surface area contributed by atoms with Gasteiger partial charge in [-0.1, -0.05) is 20.8 Å². The molecule has 0 spiro atoms. The summed E-state index contributed by atoms with van der Waals surface area (Å²) in [6, 6.07) is 5.67. The Balaban J connectivity index is 3.01. The lowest BCUT2D eigenvalue weighted by Crippen LogP contribution is -2.43. The maximum atomic E-state index is 6.19. The summed E-state index contributed by atoms with van der Waals surface area (Å²) in [7, 11) is -1.79. The average Bonchev–Trinajstić information content (AvgIpc) is 2.09. The molecule has 0 amide bonds. The molecule has 0 saturated carbocycles. The second kappa shape index (κ2) is 4.41. The van der Waals surface area contributed by atoms with Crippen molar-refractivity contribution in [1.29, 1.82) is 0 Å². The fourth-order valence-electron chi connectivity index (χ4n) is 1.03. The minimum atomic E-state index is -1.79. The van der Waals surface area contributed by atoms with Crippen LogP contribution in [0.5, 0.6) is 5.75 Å². The molecule has 0 aliphatic heterocycles. The lowest BCUT2D eigenvalue weighted by Gasteiger charge is -2.36. The predicted molar refractivity (Wildman–Crippen MR) is 76.4 cm³/mol. The van der Waals surface area contributed by atoms with E-state index < -0.39 is 8.32 Å². The first-order chi connectivity index (χ1) is 7.13. The zero-order valence-corrected chi connectivity index (χ0v) is 13.2. The Bertz CT molecular complexity index is 385. The first-order valence-corrected chi connectivity index (χ1v) is 9.08. The number of hydrogen-bond donors (Lipinski definition) is 1. The largest absolute Gasteiger partial charge is 0.543 e. The molecule has 0 bridgehead atoms. The Hall–Kier alpha value is -0.483. The molecule has 1 aromatic rings. The van der Waals surface area contributed by atoms with Crippen LogP contribution in [0.15, 0.2) is 22.7 Å². The SMILES string of the molecule is CC(C)(C)[Si](C)(C)Oc1cc(N)ccc1Br. The van der Waals surface area contributed by atoms with Crippen molar-refractivity contribution >= 4 is 29.9 Å². The van der Waals surface area contributed by atoms with Gasteiger partial charge in [0.05, 0.1) is 4.47 Å². The van der Waals surface area contributed by atoms with E-state index in [-0.39, 0.29) is 5.04 Å². The molecule has 0 aliphatic rings. The number of nitrogen functional groups attached to an aromatic ring is 1. The van der Waals surface area contributed by atoms with Crippen molar-refractivity contribution in [2.75, 3.05) is 5.73 Å². The molecule has 0 atom stereocenters. The maximum absolute atomic E-state index is 6.19. The molecule has 2 N–H and O–H groups in total. The van der Waals surface area contributed by atoms with Crippen LogP contribution < -0.4 is 10.2 Å². The van der Waals surface area contributed by atoms with E-state index in [4.69, 9.17) is 10.2 Å². The first kappa shape index (κ1) is 13.6. The van der Waals surface area contributed by atoms with Gasteiger partial charge in [-0.05, 0) is 46.2 Å². The number of benzene rings is 1. The summed E-state index contributed by atoms with van der Waals surface area (Å²) in [5, 5.41) is 0.192. The van der Waals surface area contributed by atoms with E-state index in [9.17, 15) is 0 Å². The van der Waals surface area contributed by atoms with Gasteiger partial charge in [0, 0.05) is 11.8 Å².